The van der Waals surface area contributed by atoms with Crippen LogP contribution >= 0.6 is 11.6 Å². The van der Waals surface area contributed by atoms with Crippen molar-refractivity contribution in [3.8, 4) is 0 Å². The Morgan fingerprint density at radius 3 is 3.08 bits per heavy atom. The minimum absolute atomic E-state index is 0.422. The zero-order valence-electron chi connectivity index (χ0n) is 13.3. The number of rotatable bonds is 5. The summed E-state index contributed by atoms with van der Waals surface area (Å²) in [6.07, 6.45) is 7.68. The molecule has 0 aliphatic carbocycles. The Hall–Kier alpha value is -2.18. The van der Waals surface area contributed by atoms with E-state index in [0.29, 0.717) is 12.6 Å². The summed E-state index contributed by atoms with van der Waals surface area (Å²) in [4.78, 5) is 4.26. The molecule has 0 unspecified atom stereocenters. The standard InChI is InChI=1S/C17H19ClN6/c18-16-4-2-1-3-14(16)10-23-9-13(8-21-23)7-19-15-5-6-17-20-12-22-24(17)11-15/h1-4,8-9,12,15,19H,5-7,10-11H2/t15-/m0/s1. The van der Waals surface area contributed by atoms with Gasteiger partial charge in [0.05, 0.1) is 19.3 Å². The van der Waals surface area contributed by atoms with E-state index < -0.39 is 0 Å². The number of fused-ring (bicyclic) bond motifs is 1. The lowest BCUT2D eigenvalue weighted by molar-refractivity contribution is 0.358. The largest absolute Gasteiger partial charge is 0.308 e. The van der Waals surface area contributed by atoms with Gasteiger partial charge in [-0.15, -0.1) is 0 Å². The summed E-state index contributed by atoms with van der Waals surface area (Å²) in [5.74, 6) is 1.08. The molecule has 1 aromatic carbocycles. The molecule has 0 saturated heterocycles. The second-order valence-electron chi connectivity index (χ2n) is 6.11. The van der Waals surface area contributed by atoms with E-state index in [1.165, 1.54) is 5.56 Å². The van der Waals surface area contributed by atoms with Crippen molar-refractivity contribution in [3.63, 3.8) is 0 Å². The number of benzene rings is 1. The maximum atomic E-state index is 6.21. The highest BCUT2D eigenvalue weighted by Gasteiger charge is 2.19. The fourth-order valence-electron chi connectivity index (χ4n) is 3.05. The lowest BCUT2D eigenvalue weighted by Crippen LogP contribution is -2.37. The molecule has 6 nitrogen and oxygen atoms in total. The lowest BCUT2D eigenvalue weighted by Gasteiger charge is -2.23. The van der Waals surface area contributed by atoms with Crippen molar-refractivity contribution < 1.29 is 0 Å². The van der Waals surface area contributed by atoms with Crippen LogP contribution in [0.4, 0.5) is 0 Å². The average Bonchev–Trinajstić information content (AvgIpc) is 3.23. The highest BCUT2D eigenvalue weighted by atomic mass is 35.5. The van der Waals surface area contributed by atoms with Gasteiger partial charge in [-0.25, -0.2) is 9.67 Å². The molecule has 0 saturated carbocycles. The number of nitrogens with zero attached hydrogens (tertiary/aromatic N) is 5. The van der Waals surface area contributed by atoms with Crippen molar-refractivity contribution in [3.05, 3.63) is 65.0 Å². The van der Waals surface area contributed by atoms with Gasteiger partial charge in [0.1, 0.15) is 12.2 Å². The van der Waals surface area contributed by atoms with Gasteiger partial charge in [0, 0.05) is 35.8 Å². The minimum Gasteiger partial charge on any atom is -0.308 e. The number of hydrogen-bond donors (Lipinski definition) is 1. The van der Waals surface area contributed by atoms with Crippen LogP contribution in [0.1, 0.15) is 23.4 Å². The smallest absolute Gasteiger partial charge is 0.138 e. The van der Waals surface area contributed by atoms with Crippen LogP contribution in [-0.4, -0.2) is 30.6 Å². The third kappa shape index (κ3) is 3.34. The van der Waals surface area contributed by atoms with Gasteiger partial charge in [0.15, 0.2) is 0 Å². The second-order valence-corrected chi connectivity index (χ2v) is 6.52. The third-order valence-corrected chi connectivity index (χ3v) is 4.75. The predicted octanol–water partition coefficient (Wildman–Crippen LogP) is 2.28. The zero-order valence-corrected chi connectivity index (χ0v) is 14.0. The first kappa shape index (κ1) is 15.4. The van der Waals surface area contributed by atoms with Crippen molar-refractivity contribution >= 4 is 11.6 Å². The van der Waals surface area contributed by atoms with Gasteiger partial charge in [-0.3, -0.25) is 4.68 Å². The highest BCUT2D eigenvalue weighted by Crippen LogP contribution is 2.16. The number of aromatic nitrogens is 5. The molecule has 1 aliphatic rings. The Morgan fingerprint density at radius 1 is 1.25 bits per heavy atom. The van der Waals surface area contributed by atoms with Gasteiger partial charge in [0.2, 0.25) is 0 Å². The van der Waals surface area contributed by atoms with Gasteiger partial charge in [-0.2, -0.15) is 10.2 Å². The van der Waals surface area contributed by atoms with Crippen molar-refractivity contribution in [2.75, 3.05) is 0 Å². The van der Waals surface area contributed by atoms with Crippen molar-refractivity contribution in [1.29, 1.82) is 0 Å². The van der Waals surface area contributed by atoms with E-state index in [4.69, 9.17) is 11.6 Å². The number of nitrogens with one attached hydrogen (secondary N) is 1. The molecule has 0 bridgehead atoms. The summed E-state index contributed by atoms with van der Waals surface area (Å²) in [6, 6.07) is 8.29. The molecule has 0 spiro atoms. The molecule has 3 aromatic rings. The van der Waals surface area contributed by atoms with Crippen LogP contribution in [0.15, 0.2) is 43.0 Å². The molecule has 1 N–H and O–H groups in total. The van der Waals surface area contributed by atoms with Crippen LogP contribution in [0.3, 0.4) is 0 Å². The molecule has 124 valence electrons. The molecule has 7 heteroatoms. The Labute approximate surface area is 145 Å². The van der Waals surface area contributed by atoms with E-state index in [9.17, 15) is 0 Å². The van der Waals surface area contributed by atoms with E-state index in [0.717, 1.165) is 42.3 Å². The third-order valence-electron chi connectivity index (χ3n) is 4.38. The van der Waals surface area contributed by atoms with Crippen LogP contribution < -0.4 is 5.32 Å². The normalized spacial score (nSPS) is 17.0. The SMILES string of the molecule is Clc1ccccc1Cn1cc(CN[C@H]2CCc3ncnn3C2)cn1. The van der Waals surface area contributed by atoms with Crippen LogP contribution in [0.2, 0.25) is 5.02 Å². The van der Waals surface area contributed by atoms with E-state index in [-0.39, 0.29) is 0 Å². The number of hydrogen-bond acceptors (Lipinski definition) is 4. The van der Waals surface area contributed by atoms with Crippen molar-refractivity contribution in [1.82, 2.24) is 29.9 Å². The van der Waals surface area contributed by atoms with Crippen molar-refractivity contribution in [2.45, 2.75) is 38.5 Å². The lowest BCUT2D eigenvalue weighted by atomic mass is 10.1. The maximum absolute atomic E-state index is 6.21. The van der Waals surface area contributed by atoms with E-state index >= 15 is 0 Å². The van der Waals surface area contributed by atoms with Gasteiger partial charge in [-0.1, -0.05) is 29.8 Å². The maximum Gasteiger partial charge on any atom is 0.138 e. The van der Waals surface area contributed by atoms with Gasteiger partial charge in [-0.05, 0) is 18.1 Å². The molecular formula is C17H19ClN6. The first-order valence-corrected chi connectivity index (χ1v) is 8.50. The summed E-state index contributed by atoms with van der Waals surface area (Å²) in [7, 11) is 0. The Balaban J connectivity index is 1.34. The van der Waals surface area contributed by atoms with E-state index in [1.54, 1.807) is 6.33 Å². The van der Waals surface area contributed by atoms with Crippen molar-refractivity contribution in [2.24, 2.45) is 0 Å². The summed E-state index contributed by atoms with van der Waals surface area (Å²) in [6.45, 7) is 2.37. The number of aryl methyl sites for hydroxylation is 1. The average molecular weight is 343 g/mol. The fourth-order valence-corrected chi connectivity index (χ4v) is 3.25. The summed E-state index contributed by atoms with van der Waals surface area (Å²) >= 11 is 6.21. The predicted molar refractivity (Wildman–Crippen MR) is 91.8 cm³/mol. The van der Waals surface area contributed by atoms with Gasteiger partial charge < -0.3 is 5.32 Å². The number of halogens is 1. The molecule has 0 radical (unpaired) electrons. The minimum atomic E-state index is 0.422. The first-order valence-electron chi connectivity index (χ1n) is 8.13. The topological polar surface area (TPSA) is 60.6 Å². The molecule has 0 fully saturated rings. The molecule has 3 heterocycles. The summed E-state index contributed by atoms with van der Waals surface area (Å²) in [5.41, 5.74) is 2.25. The molecule has 2 aromatic heterocycles. The van der Waals surface area contributed by atoms with Crippen LogP contribution in [-0.2, 0) is 26.1 Å². The Morgan fingerprint density at radius 2 is 2.17 bits per heavy atom. The summed E-state index contributed by atoms with van der Waals surface area (Å²) < 4.78 is 3.91. The fraction of sp³-hybridized carbons (Fsp3) is 0.353. The van der Waals surface area contributed by atoms with E-state index in [2.05, 4.69) is 26.7 Å². The molecule has 24 heavy (non-hydrogen) atoms. The summed E-state index contributed by atoms with van der Waals surface area (Å²) in [5, 5.41) is 13.1. The second kappa shape index (κ2) is 6.75. The van der Waals surface area contributed by atoms with Crippen LogP contribution in [0.25, 0.3) is 0 Å². The molecule has 4 rings (SSSR count). The Kier molecular flexibility index (Phi) is 4.32. The van der Waals surface area contributed by atoms with Crippen LogP contribution in [0, 0.1) is 0 Å². The first-order chi connectivity index (χ1) is 11.8. The molecule has 1 aliphatic heterocycles. The zero-order chi connectivity index (χ0) is 16.4. The molecule has 0 amide bonds. The molecule has 1 atom stereocenters. The highest BCUT2D eigenvalue weighted by molar-refractivity contribution is 6.31. The Bertz CT molecular complexity index is 824. The monoisotopic (exact) mass is 342 g/mol. The van der Waals surface area contributed by atoms with Gasteiger partial charge >= 0.3 is 0 Å². The van der Waals surface area contributed by atoms with Crippen LogP contribution in [0.5, 0.6) is 0 Å². The molecular weight excluding hydrogens is 324 g/mol. The van der Waals surface area contributed by atoms with E-state index in [1.807, 2.05) is 39.8 Å². The quantitative estimate of drug-likeness (QED) is 0.772. The van der Waals surface area contributed by atoms with Gasteiger partial charge in [0.25, 0.3) is 0 Å².